The molecule has 6 N–H and O–H groups in total. The summed E-state index contributed by atoms with van der Waals surface area (Å²) in [6.07, 6.45) is 0. The fourth-order valence-electron chi connectivity index (χ4n) is 4.27. The van der Waals surface area contributed by atoms with Gasteiger partial charge >= 0.3 is 0 Å². The molecule has 0 aliphatic carbocycles. The smallest absolute Gasteiger partial charge is 0.199 e. The first kappa shape index (κ1) is 26.0. The zero-order chi connectivity index (χ0) is 29.3. The quantitative estimate of drug-likeness (QED) is 0.0970. The van der Waals surface area contributed by atoms with Crippen molar-refractivity contribution in [1.82, 2.24) is 30.0 Å². The van der Waals surface area contributed by atoms with Crippen molar-refractivity contribution in [3.05, 3.63) is 36.4 Å². The lowest BCUT2D eigenvalue weighted by Crippen LogP contribution is -2.52. The lowest BCUT2D eigenvalue weighted by Gasteiger charge is -2.19. The molecule has 4 aromatic carbocycles. The van der Waals surface area contributed by atoms with E-state index in [1.807, 2.05) is 0 Å². The number of hydrogen-bond acceptors (Lipinski definition) is 10. The Morgan fingerprint density at radius 1 is 0.488 bits per heavy atom. The normalized spacial score (nSPS) is 11.4. The molecule has 0 atom stereocenters. The first-order valence-corrected chi connectivity index (χ1v) is 11.7. The lowest BCUT2D eigenvalue weighted by molar-refractivity contribution is 0.405. The molecule has 41 heavy (non-hydrogen) atoms. The predicted molar refractivity (Wildman–Crippen MR) is 154 cm³/mol. The van der Waals surface area contributed by atoms with Gasteiger partial charge in [-0.2, -0.15) is 0 Å². The summed E-state index contributed by atoms with van der Waals surface area (Å²) in [6, 6.07) is 7.42. The molecule has 0 aliphatic rings. The summed E-state index contributed by atoms with van der Waals surface area (Å²) in [6.45, 7) is 0. The maximum absolute atomic E-state index is 11.2. The molecule has 189 valence electrons. The fraction of sp³-hybridized carbons (Fsp3) is 0. The van der Waals surface area contributed by atoms with E-state index in [4.69, 9.17) is 31.4 Å². The molecular formula is C24H12B5N6O6. The molecular weight excluding hydrogens is 522 g/mol. The number of benzene rings is 4. The standard InChI is InChI=1S/C24H12B5N6O6/c25-7-1-13(34-30-9-3-15(36)16(37)4-10(9)31-34)23(40)21(19(7)27)29-22-20(28)8(26)2-14(24(22)41)35-32-11-5-17(38)18(39)6-12(11)33-35/h1-6,36-41H. The molecule has 0 aliphatic heterocycles. The van der Waals surface area contributed by atoms with Crippen molar-refractivity contribution in [2.75, 3.05) is 0 Å². The fourth-order valence-corrected chi connectivity index (χ4v) is 4.27. The van der Waals surface area contributed by atoms with Gasteiger partial charge in [-0.3, -0.25) is 0 Å². The second-order valence-electron chi connectivity index (χ2n) is 9.10. The topological polar surface area (TPSA) is 183 Å². The Kier molecular flexibility index (Phi) is 5.84. The lowest BCUT2D eigenvalue weighted by atomic mass is 9.53. The van der Waals surface area contributed by atoms with E-state index in [1.54, 1.807) is 0 Å². The molecule has 6 aromatic rings. The van der Waals surface area contributed by atoms with E-state index in [2.05, 4.69) is 20.4 Å². The van der Waals surface area contributed by atoms with E-state index in [1.165, 1.54) is 43.7 Å². The van der Waals surface area contributed by atoms with Gasteiger partial charge in [0.2, 0.25) is 0 Å². The maximum Gasteiger partial charge on any atom is 0.199 e. The number of rotatable bonds is 4. The van der Waals surface area contributed by atoms with Crippen LogP contribution in [-0.2, 0) is 0 Å². The van der Waals surface area contributed by atoms with Gasteiger partial charge in [0.1, 0.15) is 76.3 Å². The van der Waals surface area contributed by atoms with Crippen molar-refractivity contribution < 1.29 is 30.6 Å². The molecule has 17 heteroatoms. The van der Waals surface area contributed by atoms with Gasteiger partial charge in [0.25, 0.3) is 0 Å². The summed E-state index contributed by atoms with van der Waals surface area (Å²) in [4.78, 5) is 2.06. The zero-order valence-electron chi connectivity index (χ0n) is 20.7. The van der Waals surface area contributed by atoms with Crippen LogP contribution in [0.15, 0.2) is 36.4 Å². The number of aromatic nitrogens is 6. The molecule has 0 amide bonds. The molecule has 0 fully saturated rings. The number of phenols is 6. The maximum atomic E-state index is 11.2. The second kappa shape index (κ2) is 9.18. The Hall–Kier alpha value is -5.20. The van der Waals surface area contributed by atoms with Crippen LogP contribution in [0.5, 0.6) is 34.5 Å². The molecule has 9 radical (unpaired) electrons. The SMILES string of the molecule is [B]c1cc(-n2nc3cc(O)c(O)cc3n2)c(O)c([B]c2c([B])c([B])cc(-n3nc4cc(O)c(O)cc4n3)c2O)c1[B]. The monoisotopic (exact) mass is 535 g/mol. The van der Waals surface area contributed by atoms with Gasteiger partial charge < -0.3 is 30.6 Å². The van der Waals surface area contributed by atoms with Crippen molar-refractivity contribution in [2.24, 2.45) is 0 Å². The molecule has 2 aromatic heterocycles. The van der Waals surface area contributed by atoms with Gasteiger partial charge in [0, 0.05) is 24.3 Å². The van der Waals surface area contributed by atoms with Crippen molar-refractivity contribution in [2.45, 2.75) is 0 Å². The zero-order valence-corrected chi connectivity index (χ0v) is 20.7. The Morgan fingerprint density at radius 2 is 0.780 bits per heavy atom. The number of hydrogen-bond donors (Lipinski definition) is 6. The number of phenolic OH excluding ortho intramolecular Hbond substituents is 6. The Balaban J connectivity index is 1.48. The number of nitrogens with zero attached hydrogens (tertiary/aromatic N) is 6. The van der Waals surface area contributed by atoms with Crippen LogP contribution >= 0.6 is 0 Å². The highest BCUT2D eigenvalue weighted by Crippen LogP contribution is 2.30. The average molecular weight is 534 g/mol. The molecule has 0 saturated heterocycles. The van der Waals surface area contributed by atoms with E-state index in [0.29, 0.717) is 0 Å². The van der Waals surface area contributed by atoms with E-state index < -0.39 is 34.5 Å². The minimum Gasteiger partial charge on any atom is -0.506 e. The van der Waals surface area contributed by atoms with Crippen LogP contribution in [0.25, 0.3) is 33.4 Å². The molecule has 12 nitrogen and oxygen atoms in total. The van der Waals surface area contributed by atoms with Crippen LogP contribution in [0.1, 0.15) is 0 Å². The minimum atomic E-state index is -0.442. The van der Waals surface area contributed by atoms with E-state index in [-0.39, 0.29) is 66.2 Å². The van der Waals surface area contributed by atoms with Gasteiger partial charge in [-0.15, -0.1) is 51.8 Å². The first-order valence-electron chi connectivity index (χ1n) is 11.7. The van der Waals surface area contributed by atoms with Crippen LogP contribution in [0.3, 0.4) is 0 Å². The predicted octanol–water partition coefficient (Wildman–Crippen LogP) is -3.78. The largest absolute Gasteiger partial charge is 0.506 e. The van der Waals surface area contributed by atoms with Crippen molar-refractivity contribution in [3.63, 3.8) is 0 Å². The van der Waals surface area contributed by atoms with Gasteiger partial charge in [-0.25, -0.2) is 0 Å². The van der Waals surface area contributed by atoms with Crippen LogP contribution in [0, 0.1) is 0 Å². The second-order valence-corrected chi connectivity index (χ2v) is 9.10. The van der Waals surface area contributed by atoms with Gasteiger partial charge in [-0.05, 0) is 23.1 Å². The summed E-state index contributed by atoms with van der Waals surface area (Å²) in [5.74, 6) is -2.51. The Labute approximate surface area is 236 Å². The molecule has 0 bridgehead atoms. The van der Waals surface area contributed by atoms with E-state index in [0.717, 1.165) is 9.59 Å². The van der Waals surface area contributed by atoms with E-state index >= 15 is 0 Å². The first-order chi connectivity index (χ1) is 19.4. The van der Waals surface area contributed by atoms with Crippen LogP contribution in [0.4, 0.5) is 0 Å². The number of fused-ring (bicyclic) bond motifs is 2. The highest BCUT2D eigenvalue weighted by molar-refractivity contribution is 6.79. The molecule has 0 unspecified atom stereocenters. The third-order valence-electron chi connectivity index (χ3n) is 6.46. The summed E-state index contributed by atoms with van der Waals surface area (Å²) < 4.78 is 0. The van der Waals surface area contributed by atoms with Gasteiger partial charge in [-0.1, -0.05) is 0 Å². The summed E-state index contributed by atoms with van der Waals surface area (Å²) in [7, 11) is 25.9. The third kappa shape index (κ3) is 4.17. The highest BCUT2D eigenvalue weighted by Gasteiger charge is 2.23. The molecule has 0 saturated carbocycles. The van der Waals surface area contributed by atoms with Crippen LogP contribution in [-0.4, -0.2) is 99.3 Å². The van der Waals surface area contributed by atoms with Gasteiger partial charge in [0.15, 0.2) is 30.3 Å². The molecule has 6 rings (SSSR count). The van der Waals surface area contributed by atoms with Crippen molar-refractivity contribution >= 4 is 93.5 Å². The summed E-state index contributed by atoms with van der Waals surface area (Å²) >= 11 is 0. The Morgan fingerprint density at radius 3 is 1.07 bits per heavy atom. The highest BCUT2D eigenvalue weighted by atomic mass is 16.3. The Bertz CT molecular complexity index is 1840. The molecule has 2 heterocycles. The summed E-state index contributed by atoms with van der Waals surface area (Å²) in [5.41, 5.74) is 0.638. The van der Waals surface area contributed by atoms with Gasteiger partial charge in [0.05, 0.1) is 0 Å². The third-order valence-corrected chi connectivity index (χ3v) is 6.46. The minimum absolute atomic E-state index is 0.0140. The number of aromatic hydroxyl groups is 6. The average Bonchev–Trinajstić information content (AvgIpc) is 3.51. The molecule has 0 spiro atoms. The van der Waals surface area contributed by atoms with Crippen molar-refractivity contribution in [3.8, 4) is 45.9 Å². The van der Waals surface area contributed by atoms with E-state index in [9.17, 15) is 30.6 Å². The van der Waals surface area contributed by atoms with Crippen molar-refractivity contribution in [1.29, 1.82) is 0 Å². The van der Waals surface area contributed by atoms with Crippen LogP contribution in [0.2, 0.25) is 0 Å². The summed E-state index contributed by atoms with van der Waals surface area (Å²) in [5, 5.41) is 78.5. The van der Waals surface area contributed by atoms with Crippen LogP contribution < -0.4 is 32.8 Å².